The van der Waals surface area contributed by atoms with Crippen LogP contribution in [-0.2, 0) is 4.79 Å². The number of carbonyl (C=O) groups is 2. The number of nitrogens with one attached hydrogen (secondary N) is 2. The molecule has 0 fully saturated rings. The molecule has 2 aromatic carbocycles. The van der Waals surface area contributed by atoms with Crippen LogP contribution < -0.4 is 10.6 Å². The topological polar surface area (TPSA) is 82.0 Å². The van der Waals surface area contributed by atoms with Crippen LogP contribution in [0.15, 0.2) is 60.3 Å². The summed E-state index contributed by atoms with van der Waals surface area (Å²) >= 11 is 0. The third-order valence-electron chi connectivity index (χ3n) is 3.35. The summed E-state index contributed by atoms with van der Waals surface area (Å²) in [6, 6.07) is 15.9. The molecule has 0 aliphatic heterocycles. The molecule has 5 heteroatoms. The van der Waals surface area contributed by atoms with Gasteiger partial charge in [-0.25, -0.2) is 0 Å². The largest absolute Gasteiger partial charge is 0.360 e. The summed E-state index contributed by atoms with van der Waals surface area (Å²) < 4.78 is 0. The molecule has 5 nitrogen and oxygen atoms in total. The molecule has 0 atom stereocenters. The Morgan fingerprint density at radius 2 is 1.58 bits per heavy atom. The van der Waals surface area contributed by atoms with Gasteiger partial charge in [0, 0.05) is 23.1 Å². The fourth-order valence-corrected chi connectivity index (χ4v) is 1.94. The van der Waals surface area contributed by atoms with Crippen molar-refractivity contribution in [2.45, 2.75) is 13.8 Å². The minimum Gasteiger partial charge on any atom is -0.360 e. The number of hydrogen-bond acceptors (Lipinski definition) is 4. The van der Waals surface area contributed by atoms with E-state index in [1.807, 2.05) is 25.1 Å². The fourth-order valence-electron chi connectivity index (χ4n) is 1.94. The molecule has 0 aromatic heterocycles. The van der Waals surface area contributed by atoms with Gasteiger partial charge in [0.25, 0.3) is 5.91 Å². The normalized spacial score (nSPS) is 10.6. The predicted octanol–water partition coefficient (Wildman–Crippen LogP) is 3.66. The first-order valence-electron chi connectivity index (χ1n) is 7.35. The Balaban J connectivity index is 2.05. The van der Waals surface area contributed by atoms with Gasteiger partial charge in [-0.15, -0.1) is 0 Å². The first-order valence-corrected chi connectivity index (χ1v) is 7.35. The summed E-state index contributed by atoms with van der Waals surface area (Å²) in [5, 5.41) is 14.7. The maximum absolute atomic E-state index is 12.1. The molecular formula is C19H17N3O2. The van der Waals surface area contributed by atoms with E-state index in [0.717, 1.165) is 5.56 Å². The van der Waals surface area contributed by atoms with Gasteiger partial charge in [-0.3, -0.25) is 9.59 Å². The van der Waals surface area contributed by atoms with E-state index in [1.165, 1.54) is 13.1 Å². The Bertz CT molecular complexity index is 813. The van der Waals surface area contributed by atoms with Gasteiger partial charge in [0.2, 0.25) is 0 Å². The monoisotopic (exact) mass is 319 g/mol. The highest BCUT2D eigenvalue weighted by atomic mass is 16.1. The van der Waals surface area contributed by atoms with E-state index in [4.69, 9.17) is 5.26 Å². The van der Waals surface area contributed by atoms with Gasteiger partial charge in [-0.05, 0) is 50.2 Å². The molecule has 0 aliphatic carbocycles. The van der Waals surface area contributed by atoms with Crippen LogP contribution in [0.5, 0.6) is 0 Å². The highest BCUT2D eigenvalue weighted by Crippen LogP contribution is 2.12. The van der Waals surface area contributed by atoms with Crippen LogP contribution in [0.4, 0.5) is 11.4 Å². The number of Topliss-reactive ketones (excluding diaryl/α,β-unsaturated/α-hetero) is 1. The zero-order chi connectivity index (χ0) is 17.5. The number of anilines is 2. The van der Waals surface area contributed by atoms with Crippen molar-refractivity contribution in [1.82, 2.24) is 0 Å². The lowest BCUT2D eigenvalue weighted by molar-refractivity contribution is -0.112. The molecule has 0 aliphatic rings. The molecule has 2 aromatic rings. The van der Waals surface area contributed by atoms with Crippen LogP contribution in [-0.4, -0.2) is 11.7 Å². The first-order chi connectivity index (χ1) is 11.5. The van der Waals surface area contributed by atoms with Crippen molar-refractivity contribution in [2.75, 3.05) is 10.6 Å². The Hall–Kier alpha value is -3.39. The van der Waals surface area contributed by atoms with Crippen molar-refractivity contribution in [3.8, 4) is 6.07 Å². The van der Waals surface area contributed by atoms with Crippen LogP contribution in [0.3, 0.4) is 0 Å². The smallest absolute Gasteiger partial charge is 0.267 e. The third kappa shape index (κ3) is 4.55. The Morgan fingerprint density at radius 1 is 1.00 bits per heavy atom. The number of ketones is 1. The molecule has 0 spiro atoms. The first kappa shape index (κ1) is 17.0. The second-order valence-electron chi connectivity index (χ2n) is 5.27. The quantitative estimate of drug-likeness (QED) is 0.500. The molecule has 2 rings (SSSR count). The summed E-state index contributed by atoms with van der Waals surface area (Å²) in [4.78, 5) is 23.3. The number of rotatable bonds is 5. The highest BCUT2D eigenvalue weighted by molar-refractivity contribution is 6.06. The van der Waals surface area contributed by atoms with E-state index in [0.29, 0.717) is 16.9 Å². The summed E-state index contributed by atoms with van der Waals surface area (Å²) in [6.07, 6.45) is 1.34. The number of aryl methyl sites for hydroxylation is 1. The number of hydrogen-bond donors (Lipinski definition) is 2. The summed E-state index contributed by atoms with van der Waals surface area (Å²) in [5.74, 6) is -0.513. The second kappa shape index (κ2) is 7.75. The standard InChI is InChI=1S/C19H17N3O2/c1-13-3-7-18(8-4-13)22-19(24)16(11-20)12-21-17-9-5-15(6-10-17)14(2)23/h3-10,12,21H,1-2H3,(H,22,24)/b16-12-. The van der Waals surface area contributed by atoms with Crippen molar-refractivity contribution in [1.29, 1.82) is 5.26 Å². The highest BCUT2D eigenvalue weighted by Gasteiger charge is 2.09. The molecular weight excluding hydrogens is 302 g/mol. The molecule has 1 amide bonds. The molecule has 24 heavy (non-hydrogen) atoms. The minimum absolute atomic E-state index is 0.0210. The maximum atomic E-state index is 12.1. The van der Waals surface area contributed by atoms with Gasteiger partial charge in [0.05, 0.1) is 0 Å². The number of benzene rings is 2. The van der Waals surface area contributed by atoms with Crippen LogP contribution in [0.2, 0.25) is 0 Å². The van der Waals surface area contributed by atoms with Crippen molar-refractivity contribution in [2.24, 2.45) is 0 Å². The number of carbonyl (C=O) groups excluding carboxylic acids is 2. The van der Waals surface area contributed by atoms with Crippen LogP contribution in [0.25, 0.3) is 0 Å². The zero-order valence-corrected chi connectivity index (χ0v) is 13.5. The Kier molecular flexibility index (Phi) is 5.48. The Labute approximate surface area is 140 Å². The van der Waals surface area contributed by atoms with Crippen molar-refractivity contribution in [3.63, 3.8) is 0 Å². The average molecular weight is 319 g/mol. The SMILES string of the molecule is CC(=O)c1ccc(N/C=C(/C#N)C(=O)Nc2ccc(C)cc2)cc1. The molecule has 0 bridgehead atoms. The van der Waals surface area contributed by atoms with Gasteiger partial charge in [-0.1, -0.05) is 17.7 Å². The molecule has 120 valence electrons. The third-order valence-corrected chi connectivity index (χ3v) is 3.35. The zero-order valence-electron chi connectivity index (χ0n) is 13.5. The fraction of sp³-hybridized carbons (Fsp3) is 0.105. The van der Waals surface area contributed by atoms with Crippen LogP contribution in [0, 0.1) is 18.3 Å². The molecule has 0 radical (unpaired) electrons. The van der Waals surface area contributed by atoms with E-state index >= 15 is 0 Å². The number of nitriles is 1. The summed E-state index contributed by atoms with van der Waals surface area (Å²) in [7, 11) is 0. The van der Waals surface area contributed by atoms with Crippen LogP contribution in [0.1, 0.15) is 22.8 Å². The van der Waals surface area contributed by atoms with Gasteiger partial charge in [-0.2, -0.15) is 5.26 Å². The van der Waals surface area contributed by atoms with E-state index in [2.05, 4.69) is 10.6 Å². The molecule has 0 heterocycles. The summed E-state index contributed by atoms with van der Waals surface area (Å²) in [6.45, 7) is 3.44. The predicted molar refractivity (Wildman–Crippen MR) is 93.6 cm³/mol. The molecule has 0 saturated carbocycles. The lowest BCUT2D eigenvalue weighted by Gasteiger charge is -2.06. The van der Waals surface area contributed by atoms with E-state index < -0.39 is 5.91 Å². The van der Waals surface area contributed by atoms with Crippen molar-refractivity contribution < 1.29 is 9.59 Å². The summed E-state index contributed by atoms with van der Waals surface area (Å²) in [5.41, 5.74) is 2.93. The lowest BCUT2D eigenvalue weighted by atomic mass is 10.1. The van der Waals surface area contributed by atoms with E-state index in [9.17, 15) is 9.59 Å². The molecule has 0 saturated heterocycles. The lowest BCUT2D eigenvalue weighted by Crippen LogP contribution is -2.14. The van der Waals surface area contributed by atoms with Gasteiger partial charge in [0.15, 0.2) is 5.78 Å². The second-order valence-corrected chi connectivity index (χ2v) is 5.27. The van der Waals surface area contributed by atoms with Crippen LogP contribution >= 0.6 is 0 Å². The number of nitrogens with zero attached hydrogens (tertiary/aromatic N) is 1. The Morgan fingerprint density at radius 3 is 2.12 bits per heavy atom. The minimum atomic E-state index is -0.491. The average Bonchev–Trinajstić information content (AvgIpc) is 2.58. The molecule has 0 unspecified atom stereocenters. The van der Waals surface area contributed by atoms with Crippen molar-refractivity contribution >= 4 is 23.1 Å². The van der Waals surface area contributed by atoms with E-state index in [1.54, 1.807) is 36.4 Å². The maximum Gasteiger partial charge on any atom is 0.267 e. The molecule has 2 N–H and O–H groups in total. The van der Waals surface area contributed by atoms with Crippen molar-refractivity contribution in [3.05, 3.63) is 71.4 Å². The van der Waals surface area contributed by atoms with Gasteiger partial charge < -0.3 is 10.6 Å². The van der Waals surface area contributed by atoms with Gasteiger partial charge in [0.1, 0.15) is 11.6 Å². The van der Waals surface area contributed by atoms with Gasteiger partial charge >= 0.3 is 0 Å². The number of amides is 1. The van der Waals surface area contributed by atoms with E-state index in [-0.39, 0.29) is 11.4 Å².